The summed E-state index contributed by atoms with van der Waals surface area (Å²) >= 11 is 0. The van der Waals surface area contributed by atoms with Gasteiger partial charge in [0.2, 0.25) is 0 Å². The van der Waals surface area contributed by atoms with E-state index in [-0.39, 0.29) is 31.1 Å². The molecule has 408 valence electrons. The van der Waals surface area contributed by atoms with Crippen molar-refractivity contribution in [2.45, 2.75) is 329 Å². The number of ether oxygens (including phenoxy) is 3. The second kappa shape index (κ2) is 58.9. The van der Waals surface area contributed by atoms with E-state index < -0.39 is 6.10 Å². The molecule has 0 aliphatic rings. The largest absolute Gasteiger partial charge is 0.462 e. The molecule has 0 saturated carbocycles. The molecule has 0 spiro atoms. The Hall–Kier alpha value is -2.63. The van der Waals surface area contributed by atoms with E-state index in [1.54, 1.807) is 0 Å². The van der Waals surface area contributed by atoms with Crippen molar-refractivity contribution < 1.29 is 28.6 Å². The van der Waals surface area contributed by atoms with E-state index in [1.165, 1.54) is 199 Å². The third-order valence-electron chi connectivity index (χ3n) is 13.6. The van der Waals surface area contributed by atoms with E-state index in [9.17, 15) is 14.4 Å². The minimum absolute atomic E-state index is 0.0767. The highest BCUT2D eigenvalue weighted by molar-refractivity contribution is 5.71. The van der Waals surface area contributed by atoms with Gasteiger partial charge in [-0.25, -0.2) is 0 Å². The van der Waals surface area contributed by atoms with Crippen LogP contribution in [0.5, 0.6) is 0 Å². The Morgan fingerprint density at radius 3 is 0.857 bits per heavy atom. The van der Waals surface area contributed by atoms with Crippen LogP contribution in [0.3, 0.4) is 0 Å². The van der Waals surface area contributed by atoms with Crippen molar-refractivity contribution in [3.63, 3.8) is 0 Å². The average molecular weight is 982 g/mol. The van der Waals surface area contributed by atoms with Crippen molar-refractivity contribution >= 4 is 17.9 Å². The fourth-order valence-corrected chi connectivity index (χ4v) is 8.90. The molecule has 0 aromatic carbocycles. The van der Waals surface area contributed by atoms with Gasteiger partial charge in [-0.2, -0.15) is 0 Å². The van der Waals surface area contributed by atoms with Gasteiger partial charge in [0, 0.05) is 19.3 Å². The summed E-state index contributed by atoms with van der Waals surface area (Å²) in [6.45, 7) is 6.62. The summed E-state index contributed by atoms with van der Waals surface area (Å²) in [5.41, 5.74) is 0. The third-order valence-corrected chi connectivity index (χ3v) is 13.6. The van der Waals surface area contributed by atoms with Crippen LogP contribution in [0.15, 0.2) is 48.6 Å². The number of carbonyl (C=O) groups is 3. The van der Waals surface area contributed by atoms with Crippen molar-refractivity contribution in [2.24, 2.45) is 0 Å². The predicted octanol–water partition coefficient (Wildman–Crippen LogP) is 20.6. The van der Waals surface area contributed by atoms with Crippen LogP contribution in [-0.2, 0) is 28.6 Å². The summed E-state index contributed by atoms with van der Waals surface area (Å²) in [7, 11) is 0. The molecule has 0 aliphatic carbocycles. The van der Waals surface area contributed by atoms with Gasteiger partial charge in [-0.05, 0) is 77.0 Å². The third kappa shape index (κ3) is 56.3. The highest BCUT2D eigenvalue weighted by atomic mass is 16.6. The Morgan fingerprint density at radius 1 is 0.286 bits per heavy atom. The summed E-state index contributed by atoms with van der Waals surface area (Å²) in [6, 6.07) is 0. The summed E-state index contributed by atoms with van der Waals surface area (Å²) in [6.07, 6.45) is 72.5. The van der Waals surface area contributed by atoms with Crippen LogP contribution in [-0.4, -0.2) is 37.2 Å². The Morgan fingerprint density at radius 2 is 0.529 bits per heavy atom. The summed E-state index contributed by atoms with van der Waals surface area (Å²) < 4.78 is 16.9. The van der Waals surface area contributed by atoms with E-state index in [1.807, 2.05) is 0 Å². The quantitative estimate of drug-likeness (QED) is 0.0261. The van der Waals surface area contributed by atoms with Crippen LogP contribution in [0.1, 0.15) is 323 Å². The maximum atomic E-state index is 12.9. The van der Waals surface area contributed by atoms with Crippen molar-refractivity contribution in [1.29, 1.82) is 0 Å². The Labute approximate surface area is 435 Å². The fourth-order valence-electron chi connectivity index (χ4n) is 8.90. The molecule has 0 bridgehead atoms. The van der Waals surface area contributed by atoms with Gasteiger partial charge in [-0.15, -0.1) is 0 Å². The van der Waals surface area contributed by atoms with E-state index in [2.05, 4.69) is 69.4 Å². The Balaban J connectivity index is 4.28. The number of unbranched alkanes of at least 4 members (excludes halogenated alkanes) is 37. The first-order chi connectivity index (χ1) is 34.5. The minimum Gasteiger partial charge on any atom is -0.462 e. The summed E-state index contributed by atoms with van der Waals surface area (Å²) in [5.74, 6) is -0.876. The van der Waals surface area contributed by atoms with Crippen LogP contribution in [0.2, 0.25) is 0 Å². The number of carbonyl (C=O) groups excluding carboxylic acids is 3. The molecular formula is C64H116O6. The van der Waals surface area contributed by atoms with E-state index in [0.29, 0.717) is 19.3 Å². The molecule has 6 heteroatoms. The average Bonchev–Trinajstić information content (AvgIpc) is 3.36. The monoisotopic (exact) mass is 981 g/mol. The van der Waals surface area contributed by atoms with Gasteiger partial charge < -0.3 is 14.2 Å². The zero-order valence-electron chi connectivity index (χ0n) is 46.8. The number of hydrogen-bond donors (Lipinski definition) is 0. The molecule has 1 atom stereocenters. The second-order valence-electron chi connectivity index (χ2n) is 20.6. The van der Waals surface area contributed by atoms with E-state index >= 15 is 0 Å². The van der Waals surface area contributed by atoms with Gasteiger partial charge >= 0.3 is 17.9 Å². The van der Waals surface area contributed by atoms with Crippen LogP contribution in [0.25, 0.3) is 0 Å². The zero-order chi connectivity index (χ0) is 50.7. The van der Waals surface area contributed by atoms with Crippen molar-refractivity contribution in [2.75, 3.05) is 13.2 Å². The molecule has 0 amide bonds. The topological polar surface area (TPSA) is 78.9 Å². The zero-order valence-corrected chi connectivity index (χ0v) is 46.8. The summed E-state index contributed by atoms with van der Waals surface area (Å²) in [4.78, 5) is 38.2. The number of rotatable bonds is 56. The predicted molar refractivity (Wildman–Crippen MR) is 302 cm³/mol. The molecule has 0 aromatic rings. The summed E-state index contributed by atoms with van der Waals surface area (Å²) in [5, 5.41) is 0. The number of allylic oxidation sites excluding steroid dienone is 8. The highest BCUT2D eigenvalue weighted by Crippen LogP contribution is 2.17. The van der Waals surface area contributed by atoms with Crippen LogP contribution in [0, 0.1) is 0 Å². The molecule has 0 saturated heterocycles. The van der Waals surface area contributed by atoms with Crippen molar-refractivity contribution in [3.8, 4) is 0 Å². The lowest BCUT2D eigenvalue weighted by Crippen LogP contribution is -2.30. The molecule has 1 unspecified atom stereocenters. The first-order valence-corrected chi connectivity index (χ1v) is 30.6. The lowest BCUT2D eigenvalue weighted by Gasteiger charge is -2.18. The number of hydrogen-bond acceptors (Lipinski definition) is 6. The first-order valence-electron chi connectivity index (χ1n) is 30.6. The smallest absolute Gasteiger partial charge is 0.306 e. The highest BCUT2D eigenvalue weighted by Gasteiger charge is 2.19. The number of esters is 3. The van der Waals surface area contributed by atoms with Crippen LogP contribution >= 0.6 is 0 Å². The molecule has 0 rings (SSSR count). The molecule has 0 aromatic heterocycles. The standard InChI is InChI=1S/C64H116O6/c1-4-7-10-13-16-19-22-24-26-28-30-31-32-33-34-36-37-39-42-45-48-51-54-57-63(66)69-60-61(59-68-62(65)56-53-50-47-44-41-21-18-15-12-9-6-3)70-64(67)58-55-52-49-46-43-40-38-35-29-27-25-23-20-17-14-11-8-5-2/h15,18,22,24,28,30,32-33,61H,4-14,16-17,19-21,23,25-27,29,31,34-60H2,1-3H3/b18-15-,24-22-,30-28-,33-32-. The van der Waals surface area contributed by atoms with E-state index in [0.717, 1.165) is 83.5 Å². The van der Waals surface area contributed by atoms with Gasteiger partial charge in [0.05, 0.1) is 0 Å². The van der Waals surface area contributed by atoms with Gasteiger partial charge in [-0.3, -0.25) is 14.4 Å². The second-order valence-corrected chi connectivity index (χ2v) is 20.6. The Kier molecular flexibility index (Phi) is 56.7. The minimum atomic E-state index is -0.777. The van der Waals surface area contributed by atoms with Crippen molar-refractivity contribution in [1.82, 2.24) is 0 Å². The normalized spacial score (nSPS) is 12.3. The molecule has 70 heavy (non-hydrogen) atoms. The van der Waals surface area contributed by atoms with Gasteiger partial charge in [0.25, 0.3) is 0 Å². The lowest BCUT2D eigenvalue weighted by atomic mass is 10.0. The Bertz CT molecular complexity index is 1220. The molecule has 0 N–H and O–H groups in total. The van der Waals surface area contributed by atoms with Gasteiger partial charge in [-0.1, -0.05) is 275 Å². The molecule has 0 fully saturated rings. The molecule has 6 nitrogen and oxygen atoms in total. The van der Waals surface area contributed by atoms with Gasteiger partial charge in [0.1, 0.15) is 13.2 Å². The van der Waals surface area contributed by atoms with E-state index in [4.69, 9.17) is 14.2 Å². The van der Waals surface area contributed by atoms with Gasteiger partial charge in [0.15, 0.2) is 6.10 Å². The maximum Gasteiger partial charge on any atom is 0.306 e. The SMILES string of the molecule is CCCC/C=C\CCCCCCCC(=O)OCC(COC(=O)CCCCCCCCCC/C=C\C/C=C\C/C=C\CCCCCCC)OC(=O)CCCCCCCCCCCCCCCCCCCC. The van der Waals surface area contributed by atoms with Crippen LogP contribution < -0.4 is 0 Å². The molecule has 0 heterocycles. The molecule has 0 radical (unpaired) electrons. The molecule has 0 aliphatic heterocycles. The lowest BCUT2D eigenvalue weighted by molar-refractivity contribution is -0.167. The van der Waals surface area contributed by atoms with Crippen molar-refractivity contribution in [3.05, 3.63) is 48.6 Å². The molecular weight excluding hydrogens is 865 g/mol. The first kappa shape index (κ1) is 67.4. The maximum absolute atomic E-state index is 12.9. The fraction of sp³-hybridized carbons (Fsp3) is 0.828. The van der Waals surface area contributed by atoms with Crippen LogP contribution in [0.4, 0.5) is 0 Å².